The number of carbonyl (C=O) groups is 2. The van der Waals surface area contributed by atoms with Gasteiger partial charge in [0.2, 0.25) is 11.8 Å². The lowest BCUT2D eigenvalue weighted by Crippen LogP contribution is -2.53. The molecule has 2 aliphatic rings. The summed E-state index contributed by atoms with van der Waals surface area (Å²) in [6.45, 7) is 0.345. The Morgan fingerprint density at radius 3 is 3.07 bits per heavy atom. The quantitative estimate of drug-likeness (QED) is 0.713. The minimum absolute atomic E-state index is 0.0178. The molecule has 1 saturated heterocycles. The Morgan fingerprint density at radius 1 is 1.29 bits per heavy atom. The number of H-pyrrole nitrogens is 1. The minimum Gasteiger partial charge on any atom is -0.467 e. The van der Waals surface area contributed by atoms with Gasteiger partial charge in [-0.15, -0.1) is 0 Å². The Balaban J connectivity index is 1.31. The van der Waals surface area contributed by atoms with E-state index in [0.717, 1.165) is 35.9 Å². The van der Waals surface area contributed by atoms with E-state index in [4.69, 9.17) is 4.42 Å². The molecule has 2 amide bonds. The predicted octanol–water partition coefficient (Wildman–Crippen LogP) is 2.39. The molecular formula is C21H22N4O3. The molecule has 5 rings (SSSR count). The second kappa shape index (κ2) is 6.82. The van der Waals surface area contributed by atoms with Gasteiger partial charge in [0.25, 0.3) is 0 Å². The fourth-order valence-corrected chi connectivity index (χ4v) is 4.74. The summed E-state index contributed by atoms with van der Waals surface area (Å²) < 4.78 is 5.29. The normalized spacial score (nSPS) is 23.4. The average molecular weight is 378 g/mol. The van der Waals surface area contributed by atoms with E-state index in [1.165, 1.54) is 0 Å². The highest BCUT2D eigenvalue weighted by molar-refractivity contribution is 5.90. The molecule has 1 saturated carbocycles. The van der Waals surface area contributed by atoms with E-state index in [1.54, 1.807) is 18.7 Å². The molecule has 1 aliphatic carbocycles. The smallest absolute Gasteiger partial charge is 0.243 e. The van der Waals surface area contributed by atoms with Crippen molar-refractivity contribution in [3.05, 3.63) is 54.2 Å². The molecule has 0 radical (unpaired) electrons. The van der Waals surface area contributed by atoms with Crippen LogP contribution in [0.2, 0.25) is 0 Å². The van der Waals surface area contributed by atoms with Crippen molar-refractivity contribution in [2.75, 3.05) is 0 Å². The number of aromatic amines is 1. The molecule has 0 unspecified atom stereocenters. The van der Waals surface area contributed by atoms with Crippen molar-refractivity contribution in [3.8, 4) is 0 Å². The van der Waals surface area contributed by atoms with Gasteiger partial charge in [0.1, 0.15) is 11.8 Å². The number of benzene rings is 1. The van der Waals surface area contributed by atoms with Gasteiger partial charge in [0.15, 0.2) is 0 Å². The monoisotopic (exact) mass is 378 g/mol. The molecule has 2 fully saturated rings. The molecule has 144 valence electrons. The third kappa shape index (κ3) is 2.96. The van der Waals surface area contributed by atoms with Crippen LogP contribution in [0.4, 0.5) is 0 Å². The van der Waals surface area contributed by atoms with Gasteiger partial charge in [-0.3, -0.25) is 9.59 Å². The number of imidazole rings is 1. The first-order valence-corrected chi connectivity index (χ1v) is 9.72. The summed E-state index contributed by atoms with van der Waals surface area (Å²) >= 11 is 0. The number of nitrogens with one attached hydrogen (secondary N) is 2. The third-order valence-corrected chi connectivity index (χ3v) is 6.00. The molecule has 7 nitrogen and oxygen atoms in total. The molecule has 0 spiro atoms. The third-order valence-electron chi connectivity index (χ3n) is 6.00. The summed E-state index contributed by atoms with van der Waals surface area (Å²) in [6.07, 6.45) is 6.44. The zero-order valence-corrected chi connectivity index (χ0v) is 15.4. The lowest BCUT2D eigenvalue weighted by Gasteiger charge is -2.34. The number of carbonyl (C=O) groups excluding carboxylic acids is 2. The van der Waals surface area contributed by atoms with Gasteiger partial charge < -0.3 is 19.6 Å². The number of aromatic nitrogens is 2. The number of piperidine rings is 1. The van der Waals surface area contributed by atoms with Gasteiger partial charge in [0.05, 0.1) is 36.6 Å². The number of likely N-dealkylation sites (tertiary alicyclic amines) is 1. The van der Waals surface area contributed by atoms with Crippen molar-refractivity contribution in [3.63, 3.8) is 0 Å². The zero-order valence-electron chi connectivity index (χ0n) is 15.4. The fourth-order valence-electron chi connectivity index (χ4n) is 4.74. The maximum absolute atomic E-state index is 13.1. The first-order chi connectivity index (χ1) is 13.7. The Kier molecular flexibility index (Phi) is 4.15. The van der Waals surface area contributed by atoms with Gasteiger partial charge >= 0.3 is 0 Å². The second-order valence-corrected chi connectivity index (χ2v) is 7.70. The van der Waals surface area contributed by atoms with Gasteiger partial charge in [-0.1, -0.05) is 6.07 Å². The van der Waals surface area contributed by atoms with Gasteiger partial charge in [-0.2, -0.15) is 0 Å². The second-order valence-electron chi connectivity index (χ2n) is 7.70. The maximum Gasteiger partial charge on any atom is 0.243 e. The lowest BCUT2D eigenvalue weighted by molar-refractivity contribution is -0.142. The minimum atomic E-state index is -0.378. The fraction of sp³-hybridized carbons (Fsp3) is 0.381. The van der Waals surface area contributed by atoms with Crippen LogP contribution in [0.1, 0.15) is 30.6 Å². The summed E-state index contributed by atoms with van der Waals surface area (Å²) in [5, 5.41) is 2.94. The number of fused-ring (bicyclic) bond motifs is 3. The molecule has 2 bridgehead atoms. The molecule has 3 aromatic rings. The number of nitrogens with zero attached hydrogens (tertiary/aromatic N) is 2. The SMILES string of the molecule is O=C(NCc1ccco1)[C@@H]1[C@H]2CC[C@H](C2)N1C(=O)Cc1ccc2nc[nH]c2c1. The molecule has 28 heavy (non-hydrogen) atoms. The van der Waals surface area contributed by atoms with Crippen molar-refractivity contribution >= 4 is 22.8 Å². The van der Waals surface area contributed by atoms with Crippen LogP contribution in [0.3, 0.4) is 0 Å². The van der Waals surface area contributed by atoms with E-state index in [9.17, 15) is 9.59 Å². The highest BCUT2D eigenvalue weighted by Gasteiger charge is 2.50. The van der Waals surface area contributed by atoms with Crippen molar-refractivity contribution < 1.29 is 14.0 Å². The zero-order chi connectivity index (χ0) is 19.1. The van der Waals surface area contributed by atoms with Crippen LogP contribution in [-0.2, 0) is 22.6 Å². The standard InChI is InChI=1S/C21H22N4O3/c26-19(9-13-3-6-17-18(8-13)24-12-23-17)25-15-5-4-14(10-15)20(25)21(27)22-11-16-2-1-7-28-16/h1-3,6-8,12,14-15,20H,4-5,9-11H2,(H,22,27)(H,23,24)/t14-,15+,20-/m0/s1. The number of hydrogen-bond donors (Lipinski definition) is 2. The lowest BCUT2D eigenvalue weighted by atomic mass is 9.97. The van der Waals surface area contributed by atoms with E-state index >= 15 is 0 Å². The van der Waals surface area contributed by atoms with Crippen LogP contribution in [-0.4, -0.2) is 38.8 Å². The van der Waals surface area contributed by atoms with Crippen molar-refractivity contribution in [1.82, 2.24) is 20.2 Å². The highest BCUT2D eigenvalue weighted by Crippen LogP contribution is 2.42. The molecule has 7 heteroatoms. The maximum atomic E-state index is 13.1. The summed E-state index contributed by atoms with van der Waals surface area (Å²) in [7, 11) is 0. The van der Waals surface area contributed by atoms with Crippen molar-refractivity contribution in [2.24, 2.45) is 5.92 Å². The molecule has 2 aromatic heterocycles. The topological polar surface area (TPSA) is 91.2 Å². The van der Waals surface area contributed by atoms with E-state index in [0.29, 0.717) is 18.7 Å². The van der Waals surface area contributed by atoms with Crippen LogP contribution in [0, 0.1) is 5.92 Å². The van der Waals surface area contributed by atoms with E-state index in [-0.39, 0.29) is 29.8 Å². The number of amides is 2. The van der Waals surface area contributed by atoms with Gasteiger partial charge in [-0.05, 0) is 55.0 Å². The van der Waals surface area contributed by atoms with Crippen LogP contribution < -0.4 is 5.32 Å². The molecule has 1 aliphatic heterocycles. The predicted molar refractivity (Wildman–Crippen MR) is 102 cm³/mol. The van der Waals surface area contributed by atoms with E-state index in [2.05, 4.69) is 15.3 Å². The van der Waals surface area contributed by atoms with E-state index in [1.807, 2.05) is 29.2 Å². The Morgan fingerprint density at radius 2 is 2.21 bits per heavy atom. The van der Waals surface area contributed by atoms with Crippen LogP contribution in [0.5, 0.6) is 0 Å². The van der Waals surface area contributed by atoms with Gasteiger partial charge in [0, 0.05) is 6.04 Å². The highest BCUT2D eigenvalue weighted by atomic mass is 16.3. The number of rotatable bonds is 5. The summed E-state index contributed by atoms with van der Waals surface area (Å²) in [5.41, 5.74) is 2.73. The Labute approximate surface area is 162 Å². The number of hydrogen-bond acceptors (Lipinski definition) is 4. The first-order valence-electron chi connectivity index (χ1n) is 9.72. The largest absolute Gasteiger partial charge is 0.467 e. The molecule has 3 heterocycles. The molecule has 3 atom stereocenters. The van der Waals surface area contributed by atoms with Crippen LogP contribution in [0.25, 0.3) is 11.0 Å². The molecule has 2 N–H and O–H groups in total. The van der Waals surface area contributed by atoms with Crippen molar-refractivity contribution in [2.45, 2.75) is 44.3 Å². The Bertz CT molecular complexity index is 1010. The van der Waals surface area contributed by atoms with Crippen LogP contribution >= 0.6 is 0 Å². The molecule has 1 aromatic carbocycles. The van der Waals surface area contributed by atoms with Gasteiger partial charge in [-0.25, -0.2) is 4.98 Å². The first kappa shape index (κ1) is 17.0. The van der Waals surface area contributed by atoms with E-state index < -0.39 is 0 Å². The summed E-state index contributed by atoms with van der Waals surface area (Å²) in [6, 6.07) is 9.23. The Hall–Kier alpha value is -3.09. The summed E-state index contributed by atoms with van der Waals surface area (Å²) in [4.78, 5) is 35.1. The molecular weight excluding hydrogens is 356 g/mol. The summed E-state index contributed by atoms with van der Waals surface area (Å²) in [5.74, 6) is 0.896. The van der Waals surface area contributed by atoms with Crippen molar-refractivity contribution in [1.29, 1.82) is 0 Å². The number of furan rings is 1. The average Bonchev–Trinajstić information content (AvgIpc) is 3.49. The van der Waals surface area contributed by atoms with Crippen LogP contribution in [0.15, 0.2) is 47.3 Å².